The van der Waals surface area contributed by atoms with Gasteiger partial charge in [0.1, 0.15) is 6.61 Å². The van der Waals surface area contributed by atoms with Gasteiger partial charge in [0.15, 0.2) is 11.5 Å². The number of hydrazone groups is 1. The summed E-state index contributed by atoms with van der Waals surface area (Å²) in [7, 11) is 0. The van der Waals surface area contributed by atoms with Gasteiger partial charge in [-0.2, -0.15) is 5.10 Å². The van der Waals surface area contributed by atoms with Crippen LogP contribution in [-0.4, -0.2) is 56.5 Å². The van der Waals surface area contributed by atoms with E-state index < -0.39 is 0 Å². The van der Waals surface area contributed by atoms with Crippen molar-refractivity contribution in [3.63, 3.8) is 0 Å². The van der Waals surface area contributed by atoms with Gasteiger partial charge in [-0.15, -0.1) is 0 Å². The molecule has 0 unspecified atom stereocenters. The Balaban J connectivity index is 1.63. The van der Waals surface area contributed by atoms with E-state index in [1.807, 2.05) is 24.0 Å². The quantitative estimate of drug-likeness (QED) is 0.371. The summed E-state index contributed by atoms with van der Waals surface area (Å²) in [4.78, 5) is 14.1. The maximum atomic E-state index is 12.1. The van der Waals surface area contributed by atoms with Gasteiger partial charge in [-0.05, 0) is 58.2 Å². The molecule has 1 heterocycles. The van der Waals surface area contributed by atoms with Crippen molar-refractivity contribution < 1.29 is 19.0 Å². The molecule has 0 aliphatic carbocycles. The number of hydrogen-bond acceptors (Lipinski definition) is 6. The van der Waals surface area contributed by atoms with Crippen molar-refractivity contribution in [2.75, 3.05) is 39.5 Å². The Morgan fingerprint density at radius 1 is 1.22 bits per heavy atom. The Bertz CT molecular complexity index is 968. The molecule has 10 heteroatoms. The van der Waals surface area contributed by atoms with E-state index in [4.69, 9.17) is 37.4 Å². The molecule has 3 rings (SSSR count). The van der Waals surface area contributed by atoms with Crippen LogP contribution in [0, 0.1) is 0 Å². The minimum Gasteiger partial charge on any atom is -0.490 e. The fraction of sp³-hybridized carbons (Fsp3) is 0.364. The van der Waals surface area contributed by atoms with Crippen LogP contribution in [0.15, 0.2) is 39.9 Å². The van der Waals surface area contributed by atoms with E-state index in [0.717, 1.165) is 24.2 Å². The number of carbonyl (C=O) groups excluding carboxylic acids is 1. The maximum Gasteiger partial charge on any atom is 0.254 e. The maximum absolute atomic E-state index is 12.1. The van der Waals surface area contributed by atoms with Crippen LogP contribution in [0.5, 0.6) is 11.5 Å². The second kappa shape index (κ2) is 12.4. The minimum atomic E-state index is -0.172. The Hall–Kier alpha value is -1.84. The summed E-state index contributed by atoms with van der Waals surface area (Å²) in [5.41, 5.74) is 4.18. The summed E-state index contributed by atoms with van der Waals surface area (Å²) >= 11 is 15.6. The smallest absolute Gasteiger partial charge is 0.254 e. The highest BCUT2D eigenvalue weighted by atomic mass is 79.9. The lowest BCUT2D eigenvalue weighted by Crippen LogP contribution is -2.42. The number of nitrogens with one attached hydrogen (secondary N) is 1. The van der Waals surface area contributed by atoms with Gasteiger partial charge in [0, 0.05) is 13.1 Å². The van der Waals surface area contributed by atoms with Crippen molar-refractivity contribution in [2.45, 2.75) is 13.5 Å². The summed E-state index contributed by atoms with van der Waals surface area (Å²) in [6, 6.07) is 8.98. The standard InChI is InChI=1S/C22H24BrCl2N3O4/c1-2-31-20-11-16(12-26-27-21(29)13-28-5-7-30-8-6-28)9-17(23)22(20)32-14-15-3-4-18(24)19(25)10-15/h3-4,9-12H,2,5-8,13-14H2,1H3,(H,27,29)/b26-12-. The Kier molecular flexibility index (Phi) is 9.62. The zero-order chi connectivity index (χ0) is 22.9. The summed E-state index contributed by atoms with van der Waals surface area (Å²) in [6.07, 6.45) is 1.56. The van der Waals surface area contributed by atoms with Crippen LogP contribution in [0.4, 0.5) is 0 Å². The first kappa shape index (κ1) is 24.8. The van der Waals surface area contributed by atoms with Crippen molar-refractivity contribution in [1.29, 1.82) is 0 Å². The van der Waals surface area contributed by atoms with E-state index in [2.05, 4.69) is 26.5 Å². The third-order valence-corrected chi connectivity index (χ3v) is 5.90. The van der Waals surface area contributed by atoms with Crippen LogP contribution in [-0.2, 0) is 16.1 Å². The number of amides is 1. The zero-order valence-electron chi connectivity index (χ0n) is 17.6. The first-order chi connectivity index (χ1) is 15.5. The third-order valence-electron chi connectivity index (χ3n) is 4.57. The van der Waals surface area contributed by atoms with Gasteiger partial charge in [0.05, 0.1) is 47.1 Å². The highest BCUT2D eigenvalue weighted by molar-refractivity contribution is 9.10. The average Bonchev–Trinajstić information content (AvgIpc) is 2.76. The summed E-state index contributed by atoms with van der Waals surface area (Å²) in [6.45, 7) is 5.71. The number of rotatable bonds is 9. The highest BCUT2D eigenvalue weighted by Gasteiger charge is 2.14. The van der Waals surface area contributed by atoms with Crippen molar-refractivity contribution >= 4 is 51.3 Å². The molecule has 172 valence electrons. The van der Waals surface area contributed by atoms with Crippen molar-refractivity contribution in [2.24, 2.45) is 5.10 Å². The molecule has 32 heavy (non-hydrogen) atoms. The fourth-order valence-corrected chi connectivity index (χ4v) is 3.92. The molecule has 0 aromatic heterocycles. The first-order valence-corrected chi connectivity index (χ1v) is 11.7. The number of carbonyl (C=O) groups is 1. The molecule has 1 fully saturated rings. The lowest BCUT2D eigenvalue weighted by Gasteiger charge is -2.25. The molecule has 0 saturated carbocycles. The van der Waals surface area contributed by atoms with Gasteiger partial charge in [-0.25, -0.2) is 5.43 Å². The molecule has 0 spiro atoms. The van der Waals surface area contributed by atoms with Crippen LogP contribution < -0.4 is 14.9 Å². The van der Waals surface area contributed by atoms with Gasteiger partial charge in [-0.3, -0.25) is 9.69 Å². The molecule has 1 saturated heterocycles. The van der Waals surface area contributed by atoms with Crippen LogP contribution in [0.1, 0.15) is 18.1 Å². The number of morpholine rings is 1. The molecule has 2 aromatic rings. The SMILES string of the molecule is CCOc1cc(/C=N\NC(=O)CN2CCOCC2)cc(Br)c1OCc1ccc(Cl)c(Cl)c1. The Morgan fingerprint density at radius 2 is 2.00 bits per heavy atom. The van der Waals surface area contributed by atoms with E-state index in [1.54, 1.807) is 24.4 Å². The van der Waals surface area contributed by atoms with Crippen molar-refractivity contribution in [3.8, 4) is 11.5 Å². The molecule has 0 bridgehead atoms. The van der Waals surface area contributed by atoms with Gasteiger partial charge in [-0.1, -0.05) is 29.3 Å². The molecule has 0 radical (unpaired) electrons. The third kappa shape index (κ3) is 7.35. The largest absolute Gasteiger partial charge is 0.490 e. The fourth-order valence-electron chi connectivity index (χ4n) is 3.03. The van der Waals surface area contributed by atoms with Crippen LogP contribution >= 0.6 is 39.1 Å². The monoisotopic (exact) mass is 543 g/mol. The second-order valence-corrected chi connectivity index (χ2v) is 8.65. The first-order valence-electron chi connectivity index (χ1n) is 10.1. The molecule has 1 amide bonds. The molecule has 2 aromatic carbocycles. The molecular formula is C22H24BrCl2N3O4. The average molecular weight is 545 g/mol. The van der Waals surface area contributed by atoms with E-state index in [9.17, 15) is 4.79 Å². The predicted molar refractivity (Wildman–Crippen MR) is 129 cm³/mol. The summed E-state index contributed by atoms with van der Waals surface area (Å²) in [5.74, 6) is 0.947. The van der Waals surface area contributed by atoms with Crippen LogP contribution in [0.25, 0.3) is 0 Å². The number of halogens is 3. The number of nitrogens with zero attached hydrogens (tertiary/aromatic N) is 2. The van der Waals surface area contributed by atoms with Gasteiger partial charge < -0.3 is 14.2 Å². The topological polar surface area (TPSA) is 72.4 Å². The Morgan fingerprint density at radius 3 is 2.72 bits per heavy atom. The van der Waals surface area contributed by atoms with Crippen molar-refractivity contribution in [3.05, 3.63) is 56.0 Å². The molecule has 0 atom stereocenters. The van der Waals surface area contributed by atoms with Gasteiger partial charge in [0.2, 0.25) is 0 Å². The van der Waals surface area contributed by atoms with E-state index in [-0.39, 0.29) is 12.5 Å². The lowest BCUT2D eigenvalue weighted by molar-refractivity contribution is -0.123. The molecule has 7 nitrogen and oxygen atoms in total. The number of benzene rings is 2. The van der Waals surface area contributed by atoms with Gasteiger partial charge in [0.25, 0.3) is 5.91 Å². The van der Waals surface area contributed by atoms with Crippen LogP contribution in [0.2, 0.25) is 10.0 Å². The van der Waals surface area contributed by atoms with Crippen LogP contribution in [0.3, 0.4) is 0 Å². The second-order valence-electron chi connectivity index (χ2n) is 6.98. The lowest BCUT2D eigenvalue weighted by atomic mass is 10.2. The molecule has 1 N–H and O–H groups in total. The number of ether oxygens (including phenoxy) is 3. The molecular weight excluding hydrogens is 521 g/mol. The number of hydrogen-bond donors (Lipinski definition) is 1. The normalized spacial score (nSPS) is 14.5. The van der Waals surface area contributed by atoms with Gasteiger partial charge >= 0.3 is 0 Å². The van der Waals surface area contributed by atoms with E-state index >= 15 is 0 Å². The highest BCUT2D eigenvalue weighted by Crippen LogP contribution is 2.37. The van der Waals surface area contributed by atoms with E-state index in [0.29, 0.717) is 52.4 Å². The zero-order valence-corrected chi connectivity index (χ0v) is 20.7. The summed E-state index contributed by atoms with van der Waals surface area (Å²) < 4.78 is 17.7. The predicted octanol–water partition coefficient (Wildman–Crippen LogP) is 4.52. The summed E-state index contributed by atoms with van der Waals surface area (Å²) in [5, 5.41) is 5.03. The van der Waals surface area contributed by atoms with Crippen molar-refractivity contribution in [1.82, 2.24) is 10.3 Å². The minimum absolute atomic E-state index is 0.172. The molecule has 1 aliphatic rings. The Labute approximate surface area is 205 Å². The molecule has 1 aliphatic heterocycles. The van der Waals surface area contributed by atoms with E-state index in [1.165, 1.54) is 0 Å².